The number of nitrogens with one attached hydrogen (secondary N) is 1. The molecular weight excluding hydrogens is 162 g/mol. The second kappa shape index (κ2) is 3.32. The van der Waals surface area contributed by atoms with Gasteiger partial charge in [0.1, 0.15) is 0 Å². The normalized spacial score (nSPS) is 27.1. The van der Waals surface area contributed by atoms with E-state index in [1.807, 2.05) is 0 Å². The molecule has 2 nitrogen and oxygen atoms in total. The van der Waals surface area contributed by atoms with Crippen LogP contribution in [0.5, 0.6) is 0 Å². The van der Waals surface area contributed by atoms with Gasteiger partial charge in [0.05, 0.1) is 0 Å². The molecule has 0 spiro atoms. The van der Waals surface area contributed by atoms with Crippen LogP contribution in [0.1, 0.15) is 41.0 Å². The van der Waals surface area contributed by atoms with Crippen LogP contribution in [0, 0.1) is 17.3 Å². The minimum atomic E-state index is 0.242. The van der Waals surface area contributed by atoms with Crippen LogP contribution in [-0.2, 0) is 4.79 Å². The highest BCUT2D eigenvalue weighted by atomic mass is 16.2. The molecule has 2 atom stereocenters. The highest BCUT2D eigenvalue weighted by Gasteiger charge is 2.50. The van der Waals surface area contributed by atoms with E-state index in [9.17, 15) is 4.79 Å². The van der Waals surface area contributed by atoms with E-state index in [0.717, 1.165) is 6.42 Å². The van der Waals surface area contributed by atoms with Gasteiger partial charge in [0.2, 0.25) is 5.91 Å². The number of amides is 1. The molecule has 0 aromatic rings. The smallest absolute Gasteiger partial charge is 0.223 e. The Labute approximate surface area is 81.1 Å². The fourth-order valence-electron chi connectivity index (χ4n) is 1.41. The van der Waals surface area contributed by atoms with E-state index in [1.54, 1.807) is 0 Å². The Morgan fingerprint density at radius 2 is 1.85 bits per heavy atom. The van der Waals surface area contributed by atoms with Gasteiger partial charge in [0.25, 0.3) is 0 Å². The molecule has 1 aliphatic rings. The number of hydrogen-bond donors (Lipinski definition) is 1. The van der Waals surface area contributed by atoms with Crippen LogP contribution < -0.4 is 5.32 Å². The molecule has 0 unspecified atom stereocenters. The third-order valence-corrected chi connectivity index (χ3v) is 3.20. The first-order valence-electron chi connectivity index (χ1n) is 5.15. The topological polar surface area (TPSA) is 29.1 Å². The first-order valence-corrected chi connectivity index (χ1v) is 5.15. The Bertz CT molecular complexity index is 208. The summed E-state index contributed by atoms with van der Waals surface area (Å²) in [4.78, 5) is 11.6. The highest BCUT2D eigenvalue weighted by Crippen LogP contribution is 2.51. The molecule has 1 saturated carbocycles. The first kappa shape index (κ1) is 10.6. The van der Waals surface area contributed by atoms with Crippen LogP contribution in [0.25, 0.3) is 0 Å². The van der Waals surface area contributed by atoms with Crippen molar-refractivity contribution in [2.24, 2.45) is 17.3 Å². The largest absolute Gasteiger partial charge is 0.353 e. The molecule has 1 fully saturated rings. The maximum Gasteiger partial charge on any atom is 0.223 e. The summed E-state index contributed by atoms with van der Waals surface area (Å²) >= 11 is 0. The van der Waals surface area contributed by atoms with Gasteiger partial charge in [0, 0.05) is 12.0 Å². The molecular formula is C11H21NO. The lowest BCUT2D eigenvalue weighted by Crippen LogP contribution is -2.37. The third kappa shape index (κ3) is 2.45. The summed E-state index contributed by atoms with van der Waals surface area (Å²) in [6.45, 7) is 10.6. The Morgan fingerprint density at radius 1 is 1.38 bits per heavy atom. The van der Waals surface area contributed by atoms with Crippen LogP contribution in [-0.4, -0.2) is 11.9 Å². The molecule has 0 radical (unpaired) electrons. The van der Waals surface area contributed by atoms with Gasteiger partial charge in [-0.05, 0) is 24.7 Å². The zero-order valence-electron chi connectivity index (χ0n) is 9.35. The van der Waals surface area contributed by atoms with Gasteiger partial charge in [-0.2, -0.15) is 0 Å². The fraction of sp³-hybridized carbons (Fsp3) is 0.909. The Morgan fingerprint density at radius 3 is 2.15 bits per heavy atom. The summed E-state index contributed by atoms with van der Waals surface area (Å²) in [5.41, 5.74) is 0.251. The Balaban J connectivity index is 2.35. The summed E-state index contributed by atoms with van der Waals surface area (Å²) < 4.78 is 0. The molecule has 0 saturated heterocycles. The summed E-state index contributed by atoms with van der Waals surface area (Å²) in [6, 6.07) is 0.295. The standard InChI is InChI=1S/C11H21NO/c1-7(2)8(3)12-10(13)9-6-11(9,4)5/h7-9H,6H2,1-5H3,(H,12,13)/t8-,9-/m0/s1. The van der Waals surface area contributed by atoms with Gasteiger partial charge in [-0.1, -0.05) is 27.7 Å². The maximum absolute atomic E-state index is 11.6. The van der Waals surface area contributed by atoms with Gasteiger partial charge < -0.3 is 5.32 Å². The first-order chi connectivity index (χ1) is 5.84. The summed E-state index contributed by atoms with van der Waals surface area (Å²) in [7, 11) is 0. The fourth-order valence-corrected chi connectivity index (χ4v) is 1.41. The second-order valence-electron chi connectivity index (χ2n) is 5.29. The van der Waals surface area contributed by atoms with E-state index in [4.69, 9.17) is 0 Å². The quantitative estimate of drug-likeness (QED) is 0.714. The lowest BCUT2D eigenvalue weighted by molar-refractivity contribution is -0.123. The molecule has 1 amide bonds. The zero-order valence-corrected chi connectivity index (χ0v) is 9.35. The molecule has 0 aliphatic heterocycles. The Hall–Kier alpha value is -0.530. The molecule has 0 bridgehead atoms. The van der Waals surface area contributed by atoms with Crippen molar-refractivity contribution >= 4 is 5.91 Å². The average molecular weight is 183 g/mol. The van der Waals surface area contributed by atoms with Crippen molar-refractivity contribution in [2.45, 2.75) is 47.1 Å². The summed E-state index contributed by atoms with van der Waals surface area (Å²) in [5.74, 6) is 1.02. The molecule has 76 valence electrons. The van der Waals surface area contributed by atoms with Crippen LogP contribution >= 0.6 is 0 Å². The van der Waals surface area contributed by atoms with Crippen LogP contribution in [0.3, 0.4) is 0 Å². The van der Waals surface area contributed by atoms with Crippen LogP contribution in [0.2, 0.25) is 0 Å². The van der Waals surface area contributed by atoms with Crippen molar-refractivity contribution in [1.29, 1.82) is 0 Å². The third-order valence-electron chi connectivity index (χ3n) is 3.20. The Kier molecular flexibility index (Phi) is 2.69. The van der Waals surface area contributed by atoms with Gasteiger partial charge in [-0.25, -0.2) is 0 Å². The predicted octanol–water partition coefficient (Wildman–Crippen LogP) is 2.19. The van der Waals surface area contributed by atoms with Gasteiger partial charge in [-0.15, -0.1) is 0 Å². The summed E-state index contributed by atoms with van der Waals surface area (Å²) in [6.07, 6.45) is 1.05. The minimum absolute atomic E-state index is 0.242. The van der Waals surface area contributed by atoms with Crippen molar-refractivity contribution in [3.8, 4) is 0 Å². The molecule has 1 aliphatic carbocycles. The molecule has 1 rings (SSSR count). The van der Waals surface area contributed by atoms with Crippen molar-refractivity contribution in [3.05, 3.63) is 0 Å². The van der Waals surface area contributed by atoms with Crippen molar-refractivity contribution in [1.82, 2.24) is 5.32 Å². The number of hydrogen-bond acceptors (Lipinski definition) is 1. The minimum Gasteiger partial charge on any atom is -0.353 e. The lowest BCUT2D eigenvalue weighted by Gasteiger charge is -2.17. The maximum atomic E-state index is 11.6. The molecule has 0 aromatic carbocycles. The number of rotatable bonds is 3. The van der Waals surface area contributed by atoms with E-state index in [2.05, 4.69) is 39.9 Å². The zero-order chi connectivity index (χ0) is 10.2. The average Bonchev–Trinajstić information content (AvgIpc) is 2.59. The van der Waals surface area contributed by atoms with E-state index < -0.39 is 0 Å². The monoisotopic (exact) mass is 183 g/mol. The highest BCUT2D eigenvalue weighted by molar-refractivity contribution is 5.82. The SMILES string of the molecule is CC(C)[C@H](C)NC(=O)[C@@H]1CC1(C)C. The van der Waals surface area contributed by atoms with Crippen molar-refractivity contribution in [2.75, 3.05) is 0 Å². The summed E-state index contributed by atoms with van der Waals surface area (Å²) in [5, 5.41) is 3.06. The second-order valence-corrected chi connectivity index (χ2v) is 5.29. The lowest BCUT2D eigenvalue weighted by atomic mass is 10.1. The van der Waals surface area contributed by atoms with Crippen molar-refractivity contribution in [3.63, 3.8) is 0 Å². The molecule has 0 heterocycles. The van der Waals surface area contributed by atoms with E-state index >= 15 is 0 Å². The van der Waals surface area contributed by atoms with Crippen molar-refractivity contribution < 1.29 is 4.79 Å². The van der Waals surface area contributed by atoms with Crippen LogP contribution in [0.15, 0.2) is 0 Å². The molecule has 1 N–H and O–H groups in total. The van der Waals surface area contributed by atoms with Crippen LogP contribution in [0.4, 0.5) is 0 Å². The van der Waals surface area contributed by atoms with Gasteiger partial charge >= 0.3 is 0 Å². The van der Waals surface area contributed by atoms with E-state index in [-0.39, 0.29) is 17.2 Å². The van der Waals surface area contributed by atoms with E-state index in [0.29, 0.717) is 12.0 Å². The molecule has 13 heavy (non-hydrogen) atoms. The number of carbonyl (C=O) groups is 1. The van der Waals surface area contributed by atoms with E-state index in [1.165, 1.54) is 0 Å². The van der Waals surface area contributed by atoms with Gasteiger partial charge in [-0.3, -0.25) is 4.79 Å². The predicted molar refractivity (Wildman–Crippen MR) is 54.3 cm³/mol. The van der Waals surface area contributed by atoms with Gasteiger partial charge in [0.15, 0.2) is 0 Å². The molecule has 0 aromatic heterocycles. The number of carbonyl (C=O) groups excluding carboxylic acids is 1. The molecule has 2 heteroatoms.